The number of sulfonamides is 1. The molecule has 1 unspecified atom stereocenters. The van der Waals surface area contributed by atoms with E-state index in [4.69, 9.17) is 0 Å². The third kappa shape index (κ3) is 4.45. The maximum Gasteiger partial charge on any atom is 0.332 e. The van der Waals surface area contributed by atoms with Gasteiger partial charge in [0.25, 0.3) is 0 Å². The molecule has 2 N–H and O–H groups in total. The van der Waals surface area contributed by atoms with Crippen LogP contribution in [0.25, 0.3) is 0 Å². The molecule has 1 fully saturated rings. The summed E-state index contributed by atoms with van der Waals surface area (Å²) in [6.07, 6.45) is 0. The number of rotatable bonds is 6. The van der Waals surface area contributed by atoms with Crippen LogP contribution in [0, 0.1) is 5.82 Å². The third-order valence-corrected chi connectivity index (χ3v) is 6.37. The van der Waals surface area contributed by atoms with Gasteiger partial charge in [-0.1, -0.05) is 27.7 Å². The van der Waals surface area contributed by atoms with Gasteiger partial charge < -0.3 is 10.2 Å². The monoisotopic (exact) mass is 413 g/mol. The van der Waals surface area contributed by atoms with E-state index in [9.17, 15) is 22.4 Å². The number of anilines is 1. The maximum atomic E-state index is 14.0. The van der Waals surface area contributed by atoms with Gasteiger partial charge in [0.15, 0.2) is 5.25 Å². The highest BCUT2D eigenvalue weighted by Crippen LogP contribution is 2.33. The Bertz CT molecular complexity index is 852. The molecule has 0 spiro atoms. The molecule has 1 aromatic rings. The van der Waals surface area contributed by atoms with E-state index >= 15 is 0 Å². The Balaban J connectivity index is 2.23. The Morgan fingerprint density at radius 2 is 1.61 bits per heavy atom. The predicted molar refractivity (Wildman–Crippen MR) is 106 cm³/mol. The van der Waals surface area contributed by atoms with Crippen LogP contribution in [0.3, 0.4) is 0 Å². The van der Waals surface area contributed by atoms with Crippen LogP contribution in [0.2, 0.25) is 0 Å². The zero-order valence-electron chi connectivity index (χ0n) is 17.0. The lowest BCUT2D eigenvalue weighted by molar-refractivity contribution is -0.141. The molecule has 0 saturated carbocycles. The van der Waals surface area contributed by atoms with E-state index in [1.54, 1.807) is 13.8 Å². The number of hydrogen-bond donors (Lipinski definition) is 2. The van der Waals surface area contributed by atoms with Crippen molar-refractivity contribution in [3.63, 3.8) is 0 Å². The molecular weight excluding hydrogens is 385 g/mol. The maximum absolute atomic E-state index is 14.0. The second-order valence-electron chi connectivity index (χ2n) is 7.94. The summed E-state index contributed by atoms with van der Waals surface area (Å²) in [6.45, 7) is 11.0. The van der Waals surface area contributed by atoms with Crippen molar-refractivity contribution >= 4 is 27.6 Å². The Morgan fingerprint density at radius 1 is 1.11 bits per heavy atom. The van der Waals surface area contributed by atoms with E-state index in [1.807, 2.05) is 32.4 Å². The van der Waals surface area contributed by atoms with Crippen molar-refractivity contribution in [1.82, 2.24) is 9.62 Å². The quantitative estimate of drug-likeness (QED) is 0.701. The largest absolute Gasteiger partial charge is 0.337 e. The molecule has 7 nitrogen and oxygen atoms in total. The van der Waals surface area contributed by atoms with Crippen molar-refractivity contribution in [2.24, 2.45) is 0 Å². The molecule has 3 amide bonds. The van der Waals surface area contributed by atoms with Gasteiger partial charge in [-0.2, -0.15) is 0 Å². The summed E-state index contributed by atoms with van der Waals surface area (Å²) in [5.74, 6) is -1.12. The standard InChI is InChI=1S/C19H28FN3O4S/c1-10(2)14-7-13(20)8-15(11(3)4)17(14)21-19(25)22-28(26,27)16-9-23(12(5)6)18(16)24/h7-8,10-12,16H,9H2,1-6H3,(H2,21,22,25). The summed E-state index contributed by atoms with van der Waals surface area (Å²) in [5, 5.41) is 1.28. The van der Waals surface area contributed by atoms with Gasteiger partial charge in [0.2, 0.25) is 15.9 Å². The summed E-state index contributed by atoms with van der Waals surface area (Å²) in [6, 6.07) is 1.59. The normalized spacial score (nSPS) is 17.3. The van der Waals surface area contributed by atoms with E-state index in [1.165, 1.54) is 17.0 Å². The number of carbonyl (C=O) groups excluding carboxylic acids is 2. The lowest BCUT2D eigenvalue weighted by atomic mass is 9.92. The molecule has 1 atom stereocenters. The van der Waals surface area contributed by atoms with Crippen LogP contribution in [0.5, 0.6) is 0 Å². The molecule has 0 aliphatic carbocycles. The van der Waals surface area contributed by atoms with Crippen molar-refractivity contribution in [3.05, 3.63) is 29.1 Å². The summed E-state index contributed by atoms with van der Waals surface area (Å²) < 4.78 is 40.7. The van der Waals surface area contributed by atoms with Crippen LogP contribution in [0.15, 0.2) is 12.1 Å². The van der Waals surface area contributed by atoms with Gasteiger partial charge in [0, 0.05) is 18.3 Å². The zero-order chi connectivity index (χ0) is 21.4. The van der Waals surface area contributed by atoms with Crippen molar-refractivity contribution < 1.29 is 22.4 Å². The van der Waals surface area contributed by atoms with Gasteiger partial charge in [0.05, 0.1) is 0 Å². The number of nitrogens with one attached hydrogen (secondary N) is 2. The number of carbonyl (C=O) groups is 2. The number of β-lactam (4-membered cyclic amide) rings is 1. The van der Waals surface area contributed by atoms with Crippen LogP contribution in [-0.2, 0) is 14.8 Å². The minimum absolute atomic E-state index is 0.0458. The fourth-order valence-electron chi connectivity index (χ4n) is 3.16. The molecule has 156 valence electrons. The number of amides is 3. The summed E-state index contributed by atoms with van der Waals surface area (Å²) >= 11 is 0. The molecule has 0 bridgehead atoms. The molecule has 0 aromatic heterocycles. The average Bonchev–Trinajstić information content (AvgIpc) is 2.52. The highest BCUT2D eigenvalue weighted by Gasteiger charge is 2.47. The van der Waals surface area contributed by atoms with Crippen molar-refractivity contribution in [2.45, 2.75) is 64.7 Å². The van der Waals surface area contributed by atoms with E-state index in [0.29, 0.717) is 16.8 Å². The lowest BCUT2D eigenvalue weighted by Crippen LogP contribution is -2.64. The van der Waals surface area contributed by atoms with Gasteiger partial charge in [-0.05, 0) is 48.9 Å². The van der Waals surface area contributed by atoms with Gasteiger partial charge >= 0.3 is 6.03 Å². The van der Waals surface area contributed by atoms with Gasteiger partial charge in [0.1, 0.15) is 5.82 Å². The third-order valence-electron chi connectivity index (χ3n) is 4.80. The summed E-state index contributed by atoms with van der Waals surface area (Å²) in [4.78, 5) is 25.9. The first-order chi connectivity index (χ1) is 12.8. The van der Waals surface area contributed by atoms with E-state index in [2.05, 4.69) is 5.32 Å². The SMILES string of the molecule is CC(C)c1cc(F)cc(C(C)C)c1NC(=O)NS(=O)(=O)C1CN(C(C)C)C1=O. The van der Waals surface area contributed by atoms with E-state index in [0.717, 1.165) is 0 Å². The molecule has 28 heavy (non-hydrogen) atoms. The fraction of sp³-hybridized carbons (Fsp3) is 0.579. The molecule has 1 aliphatic rings. The Kier molecular flexibility index (Phi) is 6.37. The first kappa shape index (κ1) is 22.1. The molecule has 1 aliphatic heterocycles. The topological polar surface area (TPSA) is 95.6 Å². The summed E-state index contributed by atoms with van der Waals surface area (Å²) in [5.41, 5.74) is 1.53. The molecule has 1 aromatic carbocycles. The van der Waals surface area contributed by atoms with Crippen LogP contribution >= 0.6 is 0 Å². The number of nitrogens with zero attached hydrogens (tertiary/aromatic N) is 1. The Hall–Kier alpha value is -2.16. The van der Waals surface area contributed by atoms with E-state index < -0.39 is 33.0 Å². The molecule has 1 saturated heterocycles. The number of likely N-dealkylation sites (tertiary alicyclic amines) is 1. The molecular formula is C19H28FN3O4S. The van der Waals surface area contributed by atoms with Gasteiger partial charge in [-0.15, -0.1) is 0 Å². The fourth-order valence-corrected chi connectivity index (χ4v) is 4.37. The minimum atomic E-state index is -4.16. The van der Waals surface area contributed by atoms with Gasteiger partial charge in [-0.3, -0.25) is 4.79 Å². The first-order valence-electron chi connectivity index (χ1n) is 9.31. The van der Waals surface area contributed by atoms with Crippen molar-refractivity contribution in [2.75, 3.05) is 11.9 Å². The first-order valence-corrected chi connectivity index (χ1v) is 10.9. The molecule has 1 heterocycles. The summed E-state index contributed by atoms with van der Waals surface area (Å²) in [7, 11) is -4.16. The molecule has 9 heteroatoms. The number of halogens is 1. The molecule has 0 radical (unpaired) electrons. The van der Waals surface area contributed by atoms with Crippen molar-refractivity contribution in [1.29, 1.82) is 0 Å². The Labute approximate surface area is 165 Å². The zero-order valence-corrected chi connectivity index (χ0v) is 17.9. The second-order valence-corrected chi connectivity index (χ2v) is 9.81. The second kappa shape index (κ2) is 8.06. The molecule has 2 rings (SSSR count). The number of urea groups is 1. The smallest absolute Gasteiger partial charge is 0.332 e. The van der Waals surface area contributed by atoms with Crippen LogP contribution in [0.4, 0.5) is 14.9 Å². The Morgan fingerprint density at radius 3 is 2.00 bits per heavy atom. The van der Waals surface area contributed by atoms with Gasteiger partial charge in [-0.25, -0.2) is 22.3 Å². The van der Waals surface area contributed by atoms with Crippen molar-refractivity contribution in [3.8, 4) is 0 Å². The van der Waals surface area contributed by atoms with Crippen LogP contribution in [-0.4, -0.2) is 43.1 Å². The number of hydrogen-bond acceptors (Lipinski definition) is 4. The number of benzene rings is 1. The van der Waals surface area contributed by atoms with E-state index in [-0.39, 0.29) is 24.4 Å². The van der Waals surface area contributed by atoms with Crippen LogP contribution < -0.4 is 10.0 Å². The highest BCUT2D eigenvalue weighted by atomic mass is 32.2. The van der Waals surface area contributed by atoms with Crippen LogP contribution in [0.1, 0.15) is 64.5 Å². The minimum Gasteiger partial charge on any atom is -0.337 e. The average molecular weight is 414 g/mol. The predicted octanol–water partition coefficient (Wildman–Crippen LogP) is 3.14. The highest BCUT2D eigenvalue weighted by molar-refractivity contribution is 7.91. The lowest BCUT2D eigenvalue weighted by Gasteiger charge is -2.40.